The maximum atomic E-state index is 5.79. The van der Waals surface area contributed by atoms with E-state index in [1.54, 1.807) is 0 Å². The van der Waals surface area contributed by atoms with Gasteiger partial charge in [-0.15, -0.1) is 0 Å². The van der Waals surface area contributed by atoms with Crippen LogP contribution in [0, 0.1) is 6.92 Å². The lowest BCUT2D eigenvalue weighted by atomic mass is 10.1. The number of hydrogen-bond acceptors (Lipinski definition) is 2. The molecule has 0 aliphatic carbocycles. The van der Waals surface area contributed by atoms with Crippen molar-refractivity contribution in [2.75, 3.05) is 20.1 Å². The van der Waals surface area contributed by atoms with Gasteiger partial charge >= 0.3 is 0 Å². The van der Waals surface area contributed by atoms with Crippen molar-refractivity contribution in [1.29, 1.82) is 0 Å². The summed E-state index contributed by atoms with van der Waals surface area (Å²) in [5.74, 6) is 0. The molecule has 0 radical (unpaired) electrons. The lowest BCUT2D eigenvalue weighted by Gasteiger charge is -2.26. The van der Waals surface area contributed by atoms with E-state index in [0.29, 0.717) is 0 Å². The van der Waals surface area contributed by atoms with Crippen LogP contribution in [0.15, 0.2) is 18.2 Å². The molecule has 3 nitrogen and oxygen atoms in total. The van der Waals surface area contributed by atoms with E-state index >= 15 is 0 Å². The molecule has 0 saturated carbocycles. The van der Waals surface area contributed by atoms with Crippen molar-refractivity contribution in [2.45, 2.75) is 26.4 Å². The van der Waals surface area contributed by atoms with Crippen LogP contribution in [-0.2, 0) is 19.5 Å². The molecule has 0 fully saturated rings. The number of aryl methyl sites for hydroxylation is 1. The fourth-order valence-electron chi connectivity index (χ4n) is 3.06. The lowest BCUT2D eigenvalue weighted by molar-refractivity contribution is 0.271. The molecule has 0 bridgehead atoms. The summed E-state index contributed by atoms with van der Waals surface area (Å²) in [5.41, 5.74) is 11.4. The lowest BCUT2D eigenvalue weighted by Crippen LogP contribution is -2.30. The average Bonchev–Trinajstić information content (AvgIpc) is 2.63. The number of hydrogen-bond donors (Lipinski definition) is 1. The number of likely N-dealkylation sites (N-methyl/N-ethyl adjacent to an activating group) is 1. The highest BCUT2D eigenvalue weighted by molar-refractivity contribution is 5.86. The van der Waals surface area contributed by atoms with Gasteiger partial charge in [0.05, 0.1) is 0 Å². The van der Waals surface area contributed by atoms with E-state index in [1.165, 1.54) is 27.7 Å². The molecule has 3 rings (SSSR count). The molecule has 0 amide bonds. The Balaban J connectivity index is 2.26. The van der Waals surface area contributed by atoms with E-state index in [9.17, 15) is 0 Å². The summed E-state index contributed by atoms with van der Waals surface area (Å²) < 4.78 is 2.49. The summed E-state index contributed by atoms with van der Waals surface area (Å²) in [4.78, 5) is 2.39. The Kier molecular flexibility index (Phi) is 2.88. The van der Waals surface area contributed by atoms with Gasteiger partial charge in [0.2, 0.25) is 0 Å². The van der Waals surface area contributed by atoms with Gasteiger partial charge in [0, 0.05) is 36.2 Å². The van der Waals surface area contributed by atoms with Crippen LogP contribution in [0.1, 0.15) is 16.8 Å². The Morgan fingerprint density at radius 3 is 2.89 bits per heavy atom. The predicted octanol–water partition coefficient (Wildman–Crippen LogP) is 1.90. The molecule has 3 heteroatoms. The molecular weight excluding hydrogens is 222 g/mol. The first-order valence-corrected chi connectivity index (χ1v) is 6.70. The van der Waals surface area contributed by atoms with Crippen LogP contribution >= 0.6 is 0 Å². The molecule has 1 aliphatic rings. The van der Waals surface area contributed by atoms with Gasteiger partial charge in [0.25, 0.3) is 0 Å². The minimum absolute atomic E-state index is 0.726. The van der Waals surface area contributed by atoms with Crippen LogP contribution in [0.4, 0.5) is 0 Å². The first kappa shape index (κ1) is 11.8. The van der Waals surface area contributed by atoms with Gasteiger partial charge < -0.3 is 10.3 Å². The summed E-state index contributed by atoms with van der Waals surface area (Å²) in [6.45, 7) is 6.16. The average molecular weight is 243 g/mol. The molecule has 0 unspecified atom stereocenters. The van der Waals surface area contributed by atoms with Crippen LogP contribution in [0.3, 0.4) is 0 Å². The van der Waals surface area contributed by atoms with Crippen molar-refractivity contribution < 1.29 is 0 Å². The third-order valence-electron chi connectivity index (χ3n) is 3.96. The number of rotatable bonds is 2. The molecule has 18 heavy (non-hydrogen) atoms. The van der Waals surface area contributed by atoms with E-state index in [4.69, 9.17) is 5.73 Å². The Hall–Kier alpha value is -1.32. The minimum Gasteiger partial charge on any atom is -0.342 e. The fraction of sp³-hybridized carbons (Fsp3) is 0.467. The molecule has 0 spiro atoms. The van der Waals surface area contributed by atoms with E-state index in [-0.39, 0.29) is 0 Å². The number of benzene rings is 1. The van der Waals surface area contributed by atoms with Crippen LogP contribution in [0.2, 0.25) is 0 Å². The van der Waals surface area contributed by atoms with E-state index in [1.807, 2.05) is 0 Å². The third kappa shape index (κ3) is 1.74. The molecule has 2 heterocycles. The van der Waals surface area contributed by atoms with Crippen LogP contribution in [-0.4, -0.2) is 29.6 Å². The summed E-state index contributed by atoms with van der Waals surface area (Å²) >= 11 is 0. The highest BCUT2D eigenvalue weighted by atomic mass is 15.2. The van der Waals surface area contributed by atoms with Crippen molar-refractivity contribution in [3.8, 4) is 0 Å². The first-order chi connectivity index (χ1) is 8.70. The number of nitrogens with zero attached hydrogens (tertiary/aromatic N) is 2. The largest absolute Gasteiger partial charge is 0.342 e. The van der Waals surface area contributed by atoms with Gasteiger partial charge in [-0.2, -0.15) is 0 Å². The number of fused-ring (bicyclic) bond motifs is 3. The summed E-state index contributed by atoms with van der Waals surface area (Å²) in [5, 5.41) is 1.41. The van der Waals surface area contributed by atoms with Crippen LogP contribution in [0.5, 0.6) is 0 Å². The van der Waals surface area contributed by atoms with Gasteiger partial charge in [0.15, 0.2) is 0 Å². The monoisotopic (exact) mass is 243 g/mol. The molecule has 96 valence electrons. The maximum Gasteiger partial charge on any atom is 0.0486 e. The summed E-state index contributed by atoms with van der Waals surface area (Å²) in [6, 6.07) is 6.78. The molecule has 2 aromatic rings. The predicted molar refractivity (Wildman–Crippen MR) is 75.8 cm³/mol. The fourth-order valence-corrected chi connectivity index (χ4v) is 3.06. The van der Waals surface area contributed by atoms with Crippen LogP contribution in [0.25, 0.3) is 10.9 Å². The van der Waals surface area contributed by atoms with Gasteiger partial charge in [-0.1, -0.05) is 11.6 Å². The van der Waals surface area contributed by atoms with Crippen molar-refractivity contribution in [3.63, 3.8) is 0 Å². The van der Waals surface area contributed by atoms with Crippen molar-refractivity contribution in [2.24, 2.45) is 5.73 Å². The van der Waals surface area contributed by atoms with Crippen molar-refractivity contribution in [3.05, 3.63) is 35.0 Å². The quantitative estimate of drug-likeness (QED) is 0.874. The molecule has 1 aromatic heterocycles. The Labute approximate surface area is 108 Å². The first-order valence-electron chi connectivity index (χ1n) is 6.70. The minimum atomic E-state index is 0.726. The molecular formula is C15H21N3. The second-order valence-electron chi connectivity index (χ2n) is 5.37. The maximum absolute atomic E-state index is 5.79. The molecule has 1 aromatic carbocycles. The Morgan fingerprint density at radius 1 is 1.28 bits per heavy atom. The van der Waals surface area contributed by atoms with Gasteiger partial charge in [0.1, 0.15) is 0 Å². The highest BCUT2D eigenvalue weighted by Gasteiger charge is 2.21. The van der Waals surface area contributed by atoms with Crippen molar-refractivity contribution >= 4 is 10.9 Å². The molecule has 0 saturated heterocycles. The van der Waals surface area contributed by atoms with Gasteiger partial charge in [-0.05, 0) is 44.6 Å². The zero-order chi connectivity index (χ0) is 12.7. The third-order valence-corrected chi connectivity index (χ3v) is 3.96. The smallest absolute Gasteiger partial charge is 0.0486 e. The van der Waals surface area contributed by atoms with Crippen molar-refractivity contribution in [1.82, 2.24) is 9.47 Å². The van der Waals surface area contributed by atoms with E-state index in [0.717, 1.165) is 32.6 Å². The van der Waals surface area contributed by atoms with Gasteiger partial charge in [-0.3, -0.25) is 4.90 Å². The number of aromatic nitrogens is 1. The Bertz CT molecular complexity index is 583. The highest BCUT2D eigenvalue weighted by Crippen LogP contribution is 2.30. The normalized spacial score (nSPS) is 16.2. The second-order valence-corrected chi connectivity index (χ2v) is 5.37. The van der Waals surface area contributed by atoms with Gasteiger partial charge in [-0.25, -0.2) is 0 Å². The zero-order valence-electron chi connectivity index (χ0n) is 11.2. The topological polar surface area (TPSA) is 34.2 Å². The molecule has 2 N–H and O–H groups in total. The SMILES string of the molecule is Cc1ccc2c(c1)c(CCN)c1n2CCN(C)C1. The Morgan fingerprint density at radius 2 is 2.11 bits per heavy atom. The van der Waals surface area contributed by atoms with E-state index in [2.05, 4.69) is 41.6 Å². The number of nitrogens with two attached hydrogens (primary N) is 1. The van der Waals surface area contributed by atoms with E-state index < -0.39 is 0 Å². The van der Waals surface area contributed by atoms with Crippen LogP contribution < -0.4 is 5.73 Å². The standard InChI is InChI=1S/C15H21N3/c1-11-3-4-14-13(9-11)12(5-6-16)15-10-17(2)7-8-18(14)15/h3-4,9H,5-8,10,16H2,1-2H3. The zero-order valence-corrected chi connectivity index (χ0v) is 11.2. The second kappa shape index (κ2) is 4.41. The summed E-state index contributed by atoms with van der Waals surface area (Å²) in [7, 11) is 2.19. The molecule has 0 atom stereocenters. The summed E-state index contributed by atoms with van der Waals surface area (Å²) in [6.07, 6.45) is 0.982. The molecule has 1 aliphatic heterocycles.